The molecule has 0 atom stereocenters. The Morgan fingerprint density at radius 3 is 1.60 bits per heavy atom. The first-order valence-corrected chi connectivity index (χ1v) is 16.4. The molecule has 3 aromatic rings. The van der Waals surface area contributed by atoms with Crippen LogP contribution in [0.3, 0.4) is 0 Å². The van der Waals surface area contributed by atoms with Crippen molar-refractivity contribution in [3.05, 3.63) is 114 Å². The van der Waals surface area contributed by atoms with Crippen molar-refractivity contribution < 1.29 is 22.8 Å². The van der Waals surface area contributed by atoms with Gasteiger partial charge in [-0.25, -0.2) is 0 Å². The van der Waals surface area contributed by atoms with E-state index in [1.165, 1.54) is 39.2 Å². The Labute approximate surface area is 259 Å². The molecule has 217 valence electrons. The van der Waals surface area contributed by atoms with Gasteiger partial charge in [-0.15, -0.1) is 6.58 Å². The van der Waals surface area contributed by atoms with E-state index < -0.39 is 0 Å². The van der Waals surface area contributed by atoms with Gasteiger partial charge in [-0.1, -0.05) is 150 Å². The zero-order valence-corrected chi connectivity index (χ0v) is 27.8. The maximum absolute atomic E-state index is 4.49. The van der Waals surface area contributed by atoms with Crippen LogP contribution in [0.15, 0.2) is 79.4 Å². The SMILES string of the molecule is C=C[CH]c1ccccc1.CC(C)c1cccc(C(C)C)c1N1[C-]=[N+](c2c(C(C)C)cccc2C(C)C)CC1.[Cl][Pd+]. The topological polar surface area (TPSA) is 6.25 Å². The molecule has 40 heavy (non-hydrogen) atoms. The van der Waals surface area contributed by atoms with E-state index in [4.69, 9.17) is 0 Å². The summed E-state index contributed by atoms with van der Waals surface area (Å²) in [7, 11) is 4.49. The van der Waals surface area contributed by atoms with Gasteiger partial charge in [0.1, 0.15) is 13.1 Å². The van der Waals surface area contributed by atoms with E-state index in [-0.39, 0.29) is 0 Å². The summed E-state index contributed by atoms with van der Waals surface area (Å²) in [5, 5.41) is 0. The fraction of sp³-hybridized carbons (Fsp3) is 0.389. The Balaban J connectivity index is 0.000000428. The minimum atomic E-state index is 0.494. The van der Waals surface area contributed by atoms with Crippen molar-refractivity contribution in [2.24, 2.45) is 0 Å². The average molecular weight is 650 g/mol. The van der Waals surface area contributed by atoms with Gasteiger partial charge in [0.25, 0.3) is 0 Å². The Bertz CT molecular complexity index is 1180. The molecule has 4 heteroatoms. The number of halogens is 1. The molecule has 0 N–H and O–H groups in total. The van der Waals surface area contributed by atoms with Crippen molar-refractivity contribution in [3.8, 4) is 0 Å². The molecule has 0 fully saturated rings. The van der Waals surface area contributed by atoms with Crippen molar-refractivity contribution in [1.29, 1.82) is 0 Å². The van der Waals surface area contributed by atoms with Gasteiger partial charge in [0.15, 0.2) is 0 Å². The number of hydrogen-bond donors (Lipinski definition) is 0. The fourth-order valence-electron chi connectivity index (χ4n) is 5.12. The van der Waals surface area contributed by atoms with E-state index >= 15 is 0 Å². The molecule has 0 saturated heterocycles. The number of nitrogens with zero attached hydrogens (tertiary/aromatic N) is 2. The van der Waals surface area contributed by atoms with Crippen LogP contribution < -0.4 is 4.90 Å². The summed E-state index contributed by atoms with van der Waals surface area (Å²) < 4.78 is 2.38. The van der Waals surface area contributed by atoms with Gasteiger partial charge in [-0.2, -0.15) is 0 Å². The molecule has 1 aliphatic heterocycles. The number of anilines is 1. The summed E-state index contributed by atoms with van der Waals surface area (Å²) in [6.07, 6.45) is 7.53. The number of para-hydroxylation sites is 2. The first kappa shape index (κ1) is 34.0. The molecule has 1 heterocycles. The van der Waals surface area contributed by atoms with Gasteiger partial charge in [0.05, 0.1) is 0 Å². The number of hydrogen-bond acceptors (Lipinski definition) is 1. The van der Waals surface area contributed by atoms with Crippen LogP contribution in [0, 0.1) is 6.42 Å². The van der Waals surface area contributed by atoms with Gasteiger partial charge in [-0.3, -0.25) is 0 Å². The van der Waals surface area contributed by atoms with Crippen molar-refractivity contribution in [2.45, 2.75) is 79.1 Å². The number of rotatable bonds is 8. The third kappa shape index (κ3) is 8.91. The third-order valence-corrected chi connectivity index (χ3v) is 7.12. The first-order valence-electron chi connectivity index (χ1n) is 14.3. The van der Waals surface area contributed by atoms with Crippen molar-refractivity contribution in [1.82, 2.24) is 0 Å². The molecular formula is C36H47ClN2Pd+. The second-order valence-electron chi connectivity index (χ2n) is 11.4. The fourth-order valence-corrected chi connectivity index (χ4v) is 5.12. The monoisotopic (exact) mass is 648 g/mol. The molecular weight excluding hydrogens is 602 g/mol. The Hall–Kier alpha value is -2.18. The molecule has 0 bridgehead atoms. The molecule has 3 aromatic carbocycles. The normalized spacial score (nSPS) is 12.8. The Kier molecular flexibility index (Phi) is 14.4. The first-order chi connectivity index (χ1) is 19.1. The molecule has 1 radical (unpaired) electrons. The molecule has 0 aliphatic carbocycles. The minimum absolute atomic E-state index is 0.494. The number of benzene rings is 3. The quantitative estimate of drug-likeness (QED) is 0.134. The van der Waals surface area contributed by atoms with Crippen LogP contribution in [0.25, 0.3) is 0 Å². The van der Waals surface area contributed by atoms with Crippen molar-refractivity contribution in [3.63, 3.8) is 0 Å². The Morgan fingerprint density at radius 1 is 0.725 bits per heavy atom. The third-order valence-electron chi connectivity index (χ3n) is 7.12. The molecule has 4 rings (SSSR count). The molecule has 2 nitrogen and oxygen atoms in total. The van der Waals surface area contributed by atoms with Crippen LogP contribution in [0.1, 0.15) is 107 Å². The van der Waals surface area contributed by atoms with Crippen LogP contribution in [0.2, 0.25) is 0 Å². The van der Waals surface area contributed by atoms with E-state index in [0.717, 1.165) is 13.1 Å². The summed E-state index contributed by atoms with van der Waals surface area (Å²) in [6.45, 7) is 23.9. The second-order valence-corrected chi connectivity index (χ2v) is 11.4. The van der Waals surface area contributed by atoms with Crippen LogP contribution in [0.5, 0.6) is 0 Å². The van der Waals surface area contributed by atoms with Crippen LogP contribution in [0.4, 0.5) is 11.4 Å². The number of allylic oxidation sites excluding steroid dienone is 1. The Morgan fingerprint density at radius 2 is 1.18 bits per heavy atom. The average Bonchev–Trinajstić information content (AvgIpc) is 3.44. The van der Waals surface area contributed by atoms with E-state index in [9.17, 15) is 0 Å². The molecule has 0 amide bonds. The van der Waals surface area contributed by atoms with Gasteiger partial charge in [-0.05, 0) is 29.2 Å². The predicted octanol–water partition coefficient (Wildman–Crippen LogP) is 10.4. The summed E-state index contributed by atoms with van der Waals surface area (Å²) in [5.74, 6) is 1.98. The zero-order chi connectivity index (χ0) is 29.8. The van der Waals surface area contributed by atoms with Crippen molar-refractivity contribution in [2.75, 3.05) is 18.0 Å². The van der Waals surface area contributed by atoms with Crippen LogP contribution in [-0.2, 0) is 18.2 Å². The van der Waals surface area contributed by atoms with Crippen LogP contribution in [-0.4, -0.2) is 24.0 Å². The summed E-state index contributed by atoms with van der Waals surface area (Å²) >= 11 is 2.22. The van der Waals surface area contributed by atoms with Gasteiger partial charge >= 0.3 is 27.7 Å². The van der Waals surface area contributed by atoms with E-state index in [1.54, 1.807) is 6.08 Å². The van der Waals surface area contributed by atoms with E-state index in [1.807, 2.05) is 36.8 Å². The molecule has 0 saturated carbocycles. The van der Waals surface area contributed by atoms with E-state index in [0.29, 0.717) is 23.7 Å². The van der Waals surface area contributed by atoms with Gasteiger partial charge < -0.3 is 9.48 Å². The second kappa shape index (κ2) is 16.9. The maximum atomic E-state index is 4.49. The molecule has 0 unspecified atom stereocenters. The van der Waals surface area contributed by atoms with Crippen molar-refractivity contribution >= 4 is 27.2 Å². The summed E-state index contributed by atoms with van der Waals surface area (Å²) in [6, 6.07) is 23.7. The van der Waals surface area contributed by atoms with Gasteiger partial charge in [0, 0.05) is 17.8 Å². The standard InChI is InChI=1S/C27H38N2.C9H9.ClH.Pd/c1-18(2)22-11-9-12-23(19(3)4)26(22)28-15-16-29(17-28)27-24(20(5)6)13-10-14-25(27)21(7)8;1-2-6-9-7-4-3-5-8-9;;/h9-14,18-21H,15-16H2,1-8H3;2-8H,1H2;1H;/q;;;+2/p-1. The summed E-state index contributed by atoms with van der Waals surface area (Å²) in [5.41, 5.74) is 9.63. The van der Waals surface area contributed by atoms with Crippen LogP contribution >= 0.6 is 9.53 Å². The zero-order valence-electron chi connectivity index (χ0n) is 25.5. The van der Waals surface area contributed by atoms with Gasteiger partial charge in [0.2, 0.25) is 6.34 Å². The summed E-state index contributed by atoms with van der Waals surface area (Å²) in [4.78, 5) is 2.38. The molecule has 1 aliphatic rings. The molecule has 0 spiro atoms. The van der Waals surface area contributed by atoms with E-state index in [2.05, 4.69) is 142 Å². The predicted molar refractivity (Wildman–Crippen MR) is 172 cm³/mol. The molecule has 0 aromatic heterocycles.